The number of hydrogen-bond donors (Lipinski definition) is 1. The summed E-state index contributed by atoms with van der Waals surface area (Å²) in [4.78, 5) is 0. The molecule has 240 valence electrons. The van der Waals surface area contributed by atoms with Crippen molar-refractivity contribution in [3.05, 3.63) is 188 Å². The summed E-state index contributed by atoms with van der Waals surface area (Å²) in [5, 5.41) is 17.9. The minimum absolute atomic E-state index is 0.928. The molecular weight excluding hydrogens is 615 g/mol. The SMILES string of the molecule is C/C=C(\C=N)c1c2ccccc2c(-c2ccc(-c3c4ccccc4c(-c4ccccc4)c4cc(-c5ccccc5)ccc34)cc2)c2ccccc12. The number of allylic oxidation sites excluding steroid dienone is 2. The molecule has 0 saturated heterocycles. The zero-order valence-electron chi connectivity index (χ0n) is 28.4. The Kier molecular flexibility index (Phi) is 7.60. The molecule has 0 fully saturated rings. The maximum Gasteiger partial charge on any atom is 0.0253 e. The molecule has 9 rings (SSSR count). The van der Waals surface area contributed by atoms with Gasteiger partial charge >= 0.3 is 0 Å². The van der Waals surface area contributed by atoms with Crippen molar-refractivity contribution < 1.29 is 0 Å². The van der Waals surface area contributed by atoms with Crippen LogP contribution in [0.1, 0.15) is 12.5 Å². The summed E-state index contributed by atoms with van der Waals surface area (Å²) in [5.74, 6) is 0. The standard InChI is InChI=1S/C50H35N/c1-2-33(32-51)47-39-19-9-11-21-41(39)48(42-22-12-10-20-40(42)47)36-25-27-37(28-26-36)49-43-23-13-14-24-44(43)50(35-17-7-4-8-18-35)46-31-38(29-30-45(46)49)34-15-5-3-6-16-34/h2-32,51H,1H3/b33-2+,51-32?. The van der Waals surface area contributed by atoms with Gasteiger partial charge in [0.1, 0.15) is 0 Å². The maximum atomic E-state index is 8.21. The molecule has 0 atom stereocenters. The van der Waals surface area contributed by atoms with Crippen LogP contribution in [-0.2, 0) is 0 Å². The van der Waals surface area contributed by atoms with Crippen molar-refractivity contribution in [3.8, 4) is 44.5 Å². The van der Waals surface area contributed by atoms with E-state index in [1.807, 2.05) is 13.0 Å². The van der Waals surface area contributed by atoms with Gasteiger partial charge in [0.15, 0.2) is 0 Å². The van der Waals surface area contributed by atoms with Crippen LogP contribution in [0.25, 0.3) is 93.2 Å². The summed E-state index contributed by atoms with van der Waals surface area (Å²) >= 11 is 0. The van der Waals surface area contributed by atoms with Gasteiger partial charge in [-0.1, -0.05) is 176 Å². The molecule has 0 spiro atoms. The second kappa shape index (κ2) is 12.7. The molecule has 1 heteroatoms. The number of fused-ring (bicyclic) bond motifs is 4. The first-order valence-corrected chi connectivity index (χ1v) is 17.6. The first-order chi connectivity index (χ1) is 25.2. The van der Waals surface area contributed by atoms with Crippen molar-refractivity contribution in [1.82, 2.24) is 0 Å². The summed E-state index contributed by atoms with van der Waals surface area (Å²) < 4.78 is 0. The Balaban J connectivity index is 1.30. The van der Waals surface area contributed by atoms with E-state index in [0.29, 0.717) is 0 Å². The highest BCUT2D eigenvalue weighted by Crippen LogP contribution is 2.46. The summed E-state index contributed by atoms with van der Waals surface area (Å²) in [6.45, 7) is 2.01. The van der Waals surface area contributed by atoms with Crippen LogP contribution < -0.4 is 0 Å². The van der Waals surface area contributed by atoms with Gasteiger partial charge in [0.2, 0.25) is 0 Å². The lowest BCUT2D eigenvalue weighted by Gasteiger charge is -2.20. The van der Waals surface area contributed by atoms with Crippen LogP contribution in [0.15, 0.2) is 182 Å². The van der Waals surface area contributed by atoms with Crippen LogP contribution in [0.2, 0.25) is 0 Å². The highest BCUT2D eigenvalue weighted by Gasteiger charge is 2.19. The van der Waals surface area contributed by atoms with Crippen LogP contribution >= 0.6 is 0 Å². The highest BCUT2D eigenvalue weighted by molar-refractivity contribution is 6.26. The van der Waals surface area contributed by atoms with Crippen molar-refractivity contribution in [2.75, 3.05) is 0 Å². The Morgan fingerprint density at radius 3 is 1.18 bits per heavy atom. The van der Waals surface area contributed by atoms with Gasteiger partial charge in [-0.25, -0.2) is 0 Å². The first kappa shape index (κ1) is 30.5. The van der Waals surface area contributed by atoms with Gasteiger partial charge in [-0.05, 0) is 112 Å². The van der Waals surface area contributed by atoms with E-state index in [-0.39, 0.29) is 0 Å². The molecule has 9 aromatic rings. The van der Waals surface area contributed by atoms with Gasteiger partial charge in [-0.3, -0.25) is 0 Å². The van der Waals surface area contributed by atoms with Crippen LogP contribution in [-0.4, -0.2) is 6.21 Å². The topological polar surface area (TPSA) is 23.9 Å². The van der Waals surface area contributed by atoms with Gasteiger partial charge < -0.3 is 5.41 Å². The molecule has 0 radical (unpaired) electrons. The molecule has 0 aliphatic carbocycles. The molecule has 0 heterocycles. The minimum Gasteiger partial charge on any atom is -0.308 e. The van der Waals surface area contributed by atoms with Crippen LogP contribution in [0.5, 0.6) is 0 Å². The molecule has 51 heavy (non-hydrogen) atoms. The summed E-state index contributed by atoms with van der Waals surface area (Å²) in [7, 11) is 0. The van der Waals surface area contributed by atoms with E-state index >= 15 is 0 Å². The minimum atomic E-state index is 0.928. The molecule has 1 N–H and O–H groups in total. The van der Waals surface area contributed by atoms with E-state index in [0.717, 1.165) is 21.9 Å². The van der Waals surface area contributed by atoms with Crippen molar-refractivity contribution in [1.29, 1.82) is 5.41 Å². The smallest absolute Gasteiger partial charge is 0.0253 e. The Bertz CT molecular complexity index is 2730. The van der Waals surface area contributed by atoms with E-state index in [2.05, 4.69) is 176 Å². The molecule has 0 unspecified atom stereocenters. The highest BCUT2D eigenvalue weighted by atomic mass is 14.3. The number of nitrogens with one attached hydrogen (secondary N) is 1. The lowest BCUT2D eigenvalue weighted by Crippen LogP contribution is -1.94. The van der Waals surface area contributed by atoms with E-state index in [9.17, 15) is 0 Å². The molecule has 0 aliphatic rings. The second-order valence-corrected chi connectivity index (χ2v) is 13.1. The lowest BCUT2D eigenvalue weighted by molar-refractivity contribution is 1.57. The predicted molar refractivity (Wildman–Crippen MR) is 221 cm³/mol. The lowest BCUT2D eigenvalue weighted by atomic mass is 9.83. The fraction of sp³-hybridized carbons (Fsp3) is 0.0200. The Morgan fingerprint density at radius 1 is 0.353 bits per heavy atom. The van der Waals surface area contributed by atoms with Crippen molar-refractivity contribution in [2.24, 2.45) is 0 Å². The zero-order chi connectivity index (χ0) is 34.3. The molecule has 0 aliphatic heterocycles. The van der Waals surface area contributed by atoms with Gasteiger partial charge in [0.05, 0.1) is 0 Å². The van der Waals surface area contributed by atoms with E-state index in [1.165, 1.54) is 83.0 Å². The Hall–Kier alpha value is -6.57. The fourth-order valence-corrected chi connectivity index (χ4v) is 8.07. The number of benzene rings is 9. The van der Waals surface area contributed by atoms with Crippen molar-refractivity contribution >= 4 is 54.9 Å². The van der Waals surface area contributed by atoms with E-state index < -0.39 is 0 Å². The largest absolute Gasteiger partial charge is 0.308 e. The molecule has 0 bridgehead atoms. The Labute approximate surface area is 298 Å². The van der Waals surface area contributed by atoms with E-state index in [1.54, 1.807) is 0 Å². The predicted octanol–water partition coefficient (Wildman–Crippen LogP) is 14.0. The van der Waals surface area contributed by atoms with Gasteiger partial charge in [-0.2, -0.15) is 0 Å². The summed E-state index contributed by atoms with van der Waals surface area (Å²) in [6, 6.07) is 63.8. The zero-order valence-corrected chi connectivity index (χ0v) is 28.4. The fourth-order valence-electron chi connectivity index (χ4n) is 8.07. The number of hydrogen-bond acceptors (Lipinski definition) is 1. The number of rotatable bonds is 6. The third-order valence-electron chi connectivity index (χ3n) is 10.3. The average Bonchev–Trinajstić information content (AvgIpc) is 3.20. The molecule has 1 nitrogen and oxygen atoms in total. The molecule has 0 aromatic heterocycles. The summed E-state index contributed by atoms with van der Waals surface area (Å²) in [6.07, 6.45) is 3.51. The quantitative estimate of drug-likeness (QED) is 0.137. The van der Waals surface area contributed by atoms with Gasteiger partial charge in [0, 0.05) is 6.21 Å². The van der Waals surface area contributed by atoms with Crippen molar-refractivity contribution in [3.63, 3.8) is 0 Å². The second-order valence-electron chi connectivity index (χ2n) is 13.1. The third-order valence-corrected chi connectivity index (χ3v) is 10.3. The Morgan fingerprint density at radius 2 is 0.706 bits per heavy atom. The maximum absolute atomic E-state index is 8.21. The van der Waals surface area contributed by atoms with Gasteiger partial charge in [-0.15, -0.1) is 0 Å². The van der Waals surface area contributed by atoms with Crippen LogP contribution in [0.4, 0.5) is 0 Å². The molecule has 0 saturated carbocycles. The normalized spacial score (nSPS) is 11.8. The molecular formula is C50H35N. The van der Waals surface area contributed by atoms with Crippen LogP contribution in [0, 0.1) is 5.41 Å². The monoisotopic (exact) mass is 649 g/mol. The van der Waals surface area contributed by atoms with Crippen molar-refractivity contribution in [2.45, 2.75) is 6.92 Å². The van der Waals surface area contributed by atoms with Gasteiger partial charge in [0.25, 0.3) is 0 Å². The first-order valence-electron chi connectivity index (χ1n) is 17.6. The average molecular weight is 650 g/mol. The molecule has 9 aromatic carbocycles. The molecule has 0 amide bonds. The van der Waals surface area contributed by atoms with E-state index in [4.69, 9.17) is 5.41 Å². The summed E-state index contributed by atoms with van der Waals surface area (Å²) in [5.41, 5.74) is 11.8. The third kappa shape index (κ3) is 5.06. The van der Waals surface area contributed by atoms with Crippen LogP contribution in [0.3, 0.4) is 0 Å².